The normalized spacial score (nSPS) is 11.5. The van der Waals surface area contributed by atoms with Crippen molar-refractivity contribution in [3.63, 3.8) is 0 Å². The van der Waals surface area contributed by atoms with Crippen molar-refractivity contribution in [2.24, 2.45) is 5.73 Å². The minimum Gasteiger partial charge on any atom is -0.466 e. The van der Waals surface area contributed by atoms with Gasteiger partial charge in [-0.05, 0) is 31.0 Å². The van der Waals surface area contributed by atoms with Gasteiger partial charge in [-0.1, -0.05) is 12.1 Å². The first-order valence-electron chi connectivity index (χ1n) is 5.21. The van der Waals surface area contributed by atoms with Gasteiger partial charge >= 0.3 is 5.97 Å². The Hall–Kier alpha value is -1.13. The maximum atomic E-state index is 13.3. The summed E-state index contributed by atoms with van der Waals surface area (Å²) in [6.45, 7) is 3.73. The third-order valence-electron chi connectivity index (χ3n) is 2.32. The highest BCUT2D eigenvalue weighted by Gasteiger charge is 2.13. The topological polar surface area (TPSA) is 52.3 Å². The molecule has 1 rings (SSSR count). The lowest BCUT2D eigenvalue weighted by Crippen LogP contribution is -2.17. The van der Waals surface area contributed by atoms with E-state index in [-0.39, 0.29) is 30.6 Å². The summed E-state index contributed by atoms with van der Waals surface area (Å²) in [6.07, 6.45) is 0.0658. The maximum Gasteiger partial charge on any atom is 0.307 e. The van der Waals surface area contributed by atoms with Crippen molar-refractivity contribution in [3.8, 4) is 0 Å². The Kier molecular flexibility index (Phi) is 6.76. The molecule has 2 N–H and O–H groups in total. The molecule has 17 heavy (non-hydrogen) atoms. The Balaban J connectivity index is 0.00000256. The number of esters is 1. The van der Waals surface area contributed by atoms with Gasteiger partial charge in [-0.3, -0.25) is 4.79 Å². The van der Waals surface area contributed by atoms with E-state index in [0.29, 0.717) is 17.7 Å². The molecule has 1 atom stereocenters. The molecule has 0 aliphatic rings. The van der Waals surface area contributed by atoms with E-state index < -0.39 is 6.04 Å². The molecule has 0 heterocycles. The molecule has 0 aliphatic heterocycles. The van der Waals surface area contributed by atoms with E-state index >= 15 is 0 Å². The largest absolute Gasteiger partial charge is 0.466 e. The first-order chi connectivity index (χ1) is 7.54. The fourth-order valence-electron chi connectivity index (χ4n) is 1.36. The van der Waals surface area contributed by atoms with E-state index in [1.54, 1.807) is 26.0 Å². The van der Waals surface area contributed by atoms with E-state index in [1.807, 2.05) is 0 Å². The Labute approximate surface area is 107 Å². The van der Waals surface area contributed by atoms with Crippen LogP contribution in [-0.2, 0) is 9.53 Å². The van der Waals surface area contributed by atoms with Gasteiger partial charge in [0.25, 0.3) is 0 Å². The van der Waals surface area contributed by atoms with Crippen molar-refractivity contribution in [2.45, 2.75) is 26.3 Å². The molecule has 96 valence electrons. The SMILES string of the molecule is CCOC(=O)C[C@@H](N)c1ccc(C)c(F)c1.Cl. The summed E-state index contributed by atoms with van der Waals surface area (Å²) < 4.78 is 18.0. The number of rotatable bonds is 4. The van der Waals surface area contributed by atoms with Crippen LogP contribution in [0.4, 0.5) is 4.39 Å². The quantitative estimate of drug-likeness (QED) is 0.848. The molecule has 0 aliphatic carbocycles. The van der Waals surface area contributed by atoms with Crippen LogP contribution in [0, 0.1) is 12.7 Å². The molecule has 0 radical (unpaired) electrons. The van der Waals surface area contributed by atoms with Crippen LogP contribution in [0.25, 0.3) is 0 Å². The minimum atomic E-state index is -0.519. The summed E-state index contributed by atoms with van der Waals surface area (Å²) in [5, 5.41) is 0. The predicted molar refractivity (Wildman–Crippen MR) is 66.6 cm³/mol. The van der Waals surface area contributed by atoms with Gasteiger partial charge in [-0.25, -0.2) is 4.39 Å². The van der Waals surface area contributed by atoms with Crippen molar-refractivity contribution in [2.75, 3.05) is 6.61 Å². The standard InChI is InChI=1S/C12H16FNO2.ClH/c1-3-16-12(15)7-11(14)9-5-4-8(2)10(13)6-9;/h4-6,11H,3,7,14H2,1-2H3;1H/t11-;/m1./s1. The fourth-order valence-corrected chi connectivity index (χ4v) is 1.36. The Morgan fingerprint density at radius 3 is 2.71 bits per heavy atom. The molecule has 0 bridgehead atoms. The lowest BCUT2D eigenvalue weighted by atomic mass is 10.0. The lowest BCUT2D eigenvalue weighted by Gasteiger charge is -2.11. The van der Waals surface area contributed by atoms with Crippen LogP contribution in [0.2, 0.25) is 0 Å². The third kappa shape index (κ3) is 4.71. The summed E-state index contributed by atoms with van der Waals surface area (Å²) in [5.74, 6) is -0.673. The minimum absolute atomic E-state index is 0. The highest BCUT2D eigenvalue weighted by Crippen LogP contribution is 2.17. The second-order valence-corrected chi connectivity index (χ2v) is 3.62. The molecule has 0 aromatic heterocycles. The van der Waals surface area contributed by atoms with E-state index in [2.05, 4.69) is 0 Å². The van der Waals surface area contributed by atoms with Crippen LogP contribution in [0.5, 0.6) is 0 Å². The monoisotopic (exact) mass is 261 g/mol. The van der Waals surface area contributed by atoms with Gasteiger partial charge in [0.05, 0.1) is 13.0 Å². The molecule has 5 heteroatoms. The molecular weight excluding hydrogens is 245 g/mol. The van der Waals surface area contributed by atoms with E-state index in [9.17, 15) is 9.18 Å². The number of benzene rings is 1. The number of ether oxygens (including phenoxy) is 1. The highest BCUT2D eigenvalue weighted by molar-refractivity contribution is 5.85. The average Bonchev–Trinajstić information content (AvgIpc) is 2.22. The number of halogens is 2. The van der Waals surface area contributed by atoms with Gasteiger partial charge in [0.15, 0.2) is 0 Å². The molecule has 0 spiro atoms. The zero-order valence-corrected chi connectivity index (χ0v) is 10.7. The molecule has 0 fully saturated rings. The summed E-state index contributed by atoms with van der Waals surface area (Å²) >= 11 is 0. The van der Waals surface area contributed by atoms with Gasteiger partial charge in [-0.2, -0.15) is 0 Å². The molecule has 0 saturated heterocycles. The van der Waals surface area contributed by atoms with Gasteiger partial charge in [-0.15, -0.1) is 12.4 Å². The number of hydrogen-bond acceptors (Lipinski definition) is 3. The third-order valence-corrected chi connectivity index (χ3v) is 2.32. The second kappa shape index (κ2) is 7.25. The Morgan fingerprint density at radius 1 is 1.53 bits per heavy atom. The molecule has 0 saturated carbocycles. The fraction of sp³-hybridized carbons (Fsp3) is 0.417. The lowest BCUT2D eigenvalue weighted by molar-refractivity contribution is -0.143. The number of nitrogens with two attached hydrogens (primary N) is 1. The average molecular weight is 262 g/mol. The van der Waals surface area contributed by atoms with Gasteiger partial charge in [0, 0.05) is 6.04 Å². The molecule has 0 unspecified atom stereocenters. The molecule has 1 aromatic rings. The predicted octanol–water partition coefficient (Wildman–Crippen LogP) is 2.51. The molecule has 0 amide bonds. The zero-order chi connectivity index (χ0) is 12.1. The van der Waals surface area contributed by atoms with Crippen LogP contribution in [0.15, 0.2) is 18.2 Å². The molecular formula is C12H17ClFNO2. The maximum absolute atomic E-state index is 13.3. The highest BCUT2D eigenvalue weighted by atomic mass is 35.5. The summed E-state index contributed by atoms with van der Waals surface area (Å²) in [6, 6.07) is 4.21. The first kappa shape index (κ1) is 15.9. The second-order valence-electron chi connectivity index (χ2n) is 3.62. The Morgan fingerprint density at radius 2 is 2.18 bits per heavy atom. The van der Waals surface area contributed by atoms with E-state index in [1.165, 1.54) is 6.07 Å². The van der Waals surface area contributed by atoms with Crippen molar-refractivity contribution in [1.29, 1.82) is 0 Å². The number of carbonyl (C=O) groups excluding carboxylic acids is 1. The van der Waals surface area contributed by atoms with Gasteiger partial charge in [0.1, 0.15) is 5.82 Å². The number of aryl methyl sites for hydroxylation is 1. The smallest absolute Gasteiger partial charge is 0.307 e. The van der Waals surface area contributed by atoms with Crippen molar-refractivity contribution < 1.29 is 13.9 Å². The first-order valence-corrected chi connectivity index (χ1v) is 5.21. The number of hydrogen-bond donors (Lipinski definition) is 1. The van der Waals surface area contributed by atoms with E-state index in [0.717, 1.165) is 0 Å². The van der Waals surface area contributed by atoms with Crippen LogP contribution in [0.3, 0.4) is 0 Å². The van der Waals surface area contributed by atoms with Crippen LogP contribution in [0.1, 0.15) is 30.5 Å². The summed E-state index contributed by atoms with van der Waals surface area (Å²) in [4.78, 5) is 11.2. The van der Waals surface area contributed by atoms with Crippen molar-refractivity contribution >= 4 is 18.4 Å². The zero-order valence-electron chi connectivity index (χ0n) is 9.90. The molecule has 1 aromatic carbocycles. The van der Waals surface area contributed by atoms with Crippen LogP contribution >= 0.6 is 12.4 Å². The van der Waals surface area contributed by atoms with Crippen molar-refractivity contribution in [1.82, 2.24) is 0 Å². The van der Waals surface area contributed by atoms with E-state index in [4.69, 9.17) is 10.5 Å². The Bertz CT molecular complexity index is 385. The molecule has 3 nitrogen and oxygen atoms in total. The van der Waals surface area contributed by atoms with Crippen molar-refractivity contribution in [3.05, 3.63) is 35.1 Å². The summed E-state index contributed by atoms with van der Waals surface area (Å²) in [7, 11) is 0. The van der Waals surface area contributed by atoms with Crippen LogP contribution in [-0.4, -0.2) is 12.6 Å². The van der Waals surface area contributed by atoms with Gasteiger partial charge < -0.3 is 10.5 Å². The summed E-state index contributed by atoms with van der Waals surface area (Å²) in [5.41, 5.74) is 6.95. The number of carbonyl (C=O) groups is 1. The van der Waals surface area contributed by atoms with Crippen LogP contribution < -0.4 is 5.73 Å². The van der Waals surface area contributed by atoms with Gasteiger partial charge in [0.2, 0.25) is 0 Å².